The van der Waals surface area contributed by atoms with E-state index in [1.165, 1.54) is 22.3 Å². The van der Waals surface area contributed by atoms with Gasteiger partial charge in [-0.15, -0.1) is 0 Å². The molecule has 23 heavy (non-hydrogen) atoms. The van der Waals surface area contributed by atoms with Gasteiger partial charge in [-0.2, -0.15) is 0 Å². The van der Waals surface area contributed by atoms with Crippen molar-refractivity contribution in [1.29, 1.82) is 0 Å². The van der Waals surface area contributed by atoms with Gasteiger partial charge in [0.2, 0.25) is 5.91 Å². The Morgan fingerprint density at radius 1 is 1.00 bits per heavy atom. The topological polar surface area (TPSA) is 41.1 Å². The molecule has 2 aromatic carbocycles. The molecular weight excluding hydrogens is 284 g/mol. The lowest BCUT2D eigenvalue weighted by molar-refractivity contribution is -0.124. The maximum absolute atomic E-state index is 12.7. The number of fused-ring (bicyclic) bond motifs is 2. The second-order valence-electron chi connectivity index (χ2n) is 6.56. The monoisotopic (exact) mass is 306 g/mol. The molecule has 3 heteroatoms. The molecule has 2 atom stereocenters. The van der Waals surface area contributed by atoms with Crippen LogP contribution in [0, 0.1) is 0 Å². The molecule has 2 unspecified atom stereocenters. The maximum atomic E-state index is 12.7. The Bertz CT molecular complexity index is 725. The van der Waals surface area contributed by atoms with E-state index in [1.54, 1.807) is 0 Å². The Morgan fingerprint density at radius 2 is 1.74 bits per heavy atom. The van der Waals surface area contributed by atoms with Crippen LogP contribution in [0.3, 0.4) is 0 Å². The van der Waals surface area contributed by atoms with E-state index in [-0.39, 0.29) is 18.0 Å². The molecule has 0 fully saturated rings. The highest BCUT2D eigenvalue weighted by molar-refractivity contribution is 5.83. The van der Waals surface area contributed by atoms with E-state index in [1.807, 2.05) is 0 Å². The summed E-state index contributed by atoms with van der Waals surface area (Å²) in [5.41, 5.74) is 5.27. The van der Waals surface area contributed by atoms with E-state index in [0.29, 0.717) is 0 Å². The van der Waals surface area contributed by atoms with E-state index in [2.05, 4.69) is 59.2 Å². The minimum Gasteiger partial charge on any atom is -0.348 e. The summed E-state index contributed by atoms with van der Waals surface area (Å²) >= 11 is 0. The molecule has 0 bridgehead atoms. The lowest BCUT2D eigenvalue weighted by Gasteiger charge is -2.30. The summed E-state index contributed by atoms with van der Waals surface area (Å²) in [6.45, 7) is 0.773. The van der Waals surface area contributed by atoms with Gasteiger partial charge >= 0.3 is 0 Å². The first-order chi connectivity index (χ1) is 11.3. The Balaban J connectivity index is 1.47. The zero-order valence-corrected chi connectivity index (χ0v) is 13.2. The third kappa shape index (κ3) is 2.89. The summed E-state index contributed by atoms with van der Waals surface area (Å²) in [6.07, 6.45) is 4.07. The number of hydrogen-bond donors (Lipinski definition) is 2. The average molecular weight is 306 g/mol. The van der Waals surface area contributed by atoms with Gasteiger partial charge in [-0.3, -0.25) is 4.79 Å². The summed E-state index contributed by atoms with van der Waals surface area (Å²) in [5, 5.41) is 6.65. The Kier molecular flexibility index (Phi) is 3.88. The van der Waals surface area contributed by atoms with Crippen LogP contribution in [-0.2, 0) is 24.2 Å². The van der Waals surface area contributed by atoms with Crippen molar-refractivity contribution in [3.05, 3.63) is 70.8 Å². The van der Waals surface area contributed by atoms with Crippen LogP contribution in [0.25, 0.3) is 0 Å². The molecule has 1 amide bonds. The molecule has 0 radical (unpaired) electrons. The van der Waals surface area contributed by atoms with Crippen LogP contribution in [-0.4, -0.2) is 11.9 Å². The van der Waals surface area contributed by atoms with Crippen LogP contribution in [0.2, 0.25) is 0 Å². The van der Waals surface area contributed by atoms with Crippen molar-refractivity contribution in [3.63, 3.8) is 0 Å². The molecule has 0 aromatic heterocycles. The smallest absolute Gasteiger partial charge is 0.237 e. The molecule has 0 saturated carbocycles. The third-order valence-electron chi connectivity index (χ3n) is 5.08. The van der Waals surface area contributed by atoms with Gasteiger partial charge < -0.3 is 10.6 Å². The van der Waals surface area contributed by atoms with Crippen molar-refractivity contribution in [2.24, 2.45) is 0 Å². The average Bonchev–Trinajstić information content (AvgIpc) is 2.61. The van der Waals surface area contributed by atoms with Gasteiger partial charge in [-0.25, -0.2) is 0 Å². The van der Waals surface area contributed by atoms with Gasteiger partial charge in [0, 0.05) is 6.54 Å². The second-order valence-corrected chi connectivity index (χ2v) is 6.56. The first kappa shape index (κ1) is 14.5. The van der Waals surface area contributed by atoms with Crippen molar-refractivity contribution < 1.29 is 4.79 Å². The predicted octanol–water partition coefficient (Wildman–Crippen LogP) is 2.89. The standard InChI is InChI=1S/C20H22N2O/c23-20(19-12-15-7-1-2-8-16(15)13-21-19)22-18-11-5-9-14-6-3-4-10-17(14)18/h1-4,6-8,10,18-19,21H,5,9,11-13H2,(H,22,23). The fraction of sp³-hybridized carbons (Fsp3) is 0.350. The molecule has 4 rings (SSSR count). The van der Waals surface area contributed by atoms with Crippen molar-refractivity contribution in [2.75, 3.05) is 0 Å². The molecule has 118 valence electrons. The van der Waals surface area contributed by atoms with Gasteiger partial charge in [0.1, 0.15) is 0 Å². The molecule has 0 spiro atoms. The van der Waals surface area contributed by atoms with E-state index in [9.17, 15) is 4.79 Å². The van der Waals surface area contributed by atoms with Crippen LogP contribution in [0.5, 0.6) is 0 Å². The highest BCUT2D eigenvalue weighted by atomic mass is 16.2. The van der Waals surface area contributed by atoms with Crippen LogP contribution >= 0.6 is 0 Å². The molecule has 2 aliphatic rings. The van der Waals surface area contributed by atoms with Crippen molar-refractivity contribution in [1.82, 2.24) is 10.6 Å². The fourth-order valence-corrected chi connectivity index (χ4v) is 3.82. The molecule has 1 aliphatic carbocycles. The first-order valence-electron chi connectivity index (χ1n) is 8.49. The summed E-state index contributed by atoms with van der Waals surface area (Å²) in [4.78, 5) is 12.7. The minimum atomic E-state index is -0.126. The zero-order valence-electron chi connectivity index (χ0n) is 13.2. The number of carbonyl (C=O) groups excluding carboxylic acids is 1. The normalized spacial score (nSPS) is 22.8. The third-order valence-corrected chi connectivity index (χ3v) is 5.08. The summed E-state index contributed by atoms with van der Waals surface area (Å²) < 4.78 is 0. The molecular formula is C20H22N2O. The van der Waals surface area contributed by atoms with Gasteiger partial charge in [-0.05, 0) is 47.9 Å². The number of benzene rings is 2. The predicted molar refractivity (Wildman–Crippen MR) is 91.0 cm³/mol. The van der Waals surface area contributed by atoms with Gasteiger partial charge in [0.05, 0.1) is 12.1 Å². The Morgan fingerprint density at radius 3 is 2.61 bits per heavy atom. The lowest BCUT2D eigenvalue weighted by Crippen LogP contribution is -2.48. The number of aryl methyl sites for hydroxylation is 1. The number of nitrogens with one attached hydrogen (secondary N) is 2. The quantitative estimate of drug-likeness (QED) is 0.896. The lowest BCUT2D eigenvalue weighted by atomic mass is 9.87. The summed E-state index contributed by atoms with van der Waals surface area (Å²) in [6, 6.07) is 16.9. The fourth-order valence-electron chi connectivity index (χ4n) is 3.82. The van der Waals surface area contributed by atoms with Crippen molar-refractivity contribution >= 4 is 5.91 Å². The van der Waals surface area contributed by atoms with Gasteiger partial charge in [0.15, 0.2) is 0 Å². The molecule has 2 N–H and O–H groups in total. The highest BCUT2D eigenvalue weighted by Gasteiger charge is 2.27. The second kappa shape index (κ2) is 6.17. The van der Waals surface area contributed by atoms with Crippen LogP contribution in [0.4, 0.5) is 0 Å². The van der Waals surface area contributed by atoms with Crippen LogP contribution < -0.4 is 10.6 Å². The number of amides is 1. The van der Waals surface area contributed by atoms with Gasteiger partial charge in [0.25, 0.3) is 0 Å². The molecule has 3 nitrogen and oxygen atoms in total. The van der Waals surface area contributed by atoms with E-state index < -0.39 is 0 Å². The molecule has 1 aliphatic heterocycles. The Labute approximate surface area is 137 Å². The summed E-state index contributed by atoms with van der Waals surface area (Å²) in [7, 11) is 0. The van der Waals surface area contributed by atoms with E-state index in [0.717, 1.165) is 32.2 Å². The maximum Gasteiger partial charge on any atom is 0.237 e. The van der Waals surface area contributed by atoms with E-state index >= 15 is 0 Å². The SMILES string of the molecule is O=C(NC1CCCc2ccccc21)C1Cc2ccccc2CN1. The Hall–Kier alpha value is -2.13. The molecule has 1 heterocycles. The molecule has 0 saturated heterocycles. The zero-order chi connectivity index (χ0) is 15.6. The highest BCUT2D eigenvalue weighted by Crippen LogP contribution is 2.29. The van der Waals surface area contributed by atoms with Crippen molar-refractivity contribution in [2.45, 2.75) is 44.3 Å². The number of rotatable bonds is 2. The van der Waals surface area contributed by atoms with Crippen LogP contribution in [0.1, 0.15) is 41.1 Å². The van der Waals surface area contributed by atoms with E-state index in [4.69, 9.17) is 0 Å². The number of hydrogen-bond acceptors (Lipinski definition) is 2. The summed E-state index contributed by atoms with van der Waals surface area (Å²) in [5.74, 6) is 0.126. The largest absolute Gasteiger partial charge is 0.348 e. The molecule has 2 aromatic rings. The minimum absolute atomic E-state index is 0.126. The van der Waals surface area contributed by atoms with Crippen LogP contribution in [0.15, 0.2) is 48.5 Å². The van der Waals surface area contributed by atoms with Crippen molar-refractivity contribution in [3.8, 4) is 0 Å². The first-order valence-corrected chi connectivity index (χ1v) is 8.49. The number of carbonyl (C=O) groups is 1. The van der Waals surface area contributed by atoms with Gasteiger partial charge in [-0.1, -0.05) is 48.5 Å².